The normalized spacial score (nSPS) is 11.8. The molecule has 4 nitrogen and oxygen atoms in total. The van der Waals surface area contributed by atoms with Crippen LogP contribution in [0.1, 0.15) is 45.4 Å². The molecule has 3 rings (SSSR count). The number of para-hydroxylation sites is 1. The summed E-state index contributed by atoms with van der Waals surface area (Å²) in [6, 6.07) is 14.3. The molecule has 0 aliphatic heterocycles. The molecular weight excluding hydrogens is 391 g/mol. The van der Waals surface area contributed by atoms with E-state index in [2.05, 4.69) is 34.2 Å². The molecule has 1 heterocycles. The largest absolute Gasteiger partial charge is 0.416 e. The molecular formula is C23H22F3N3O. The fourth-order valence-corrected chi connectivity index (χ4v) is 3.38. The lowest BCUT2D eigenvalue weighted by Crippen LogP contribution is -2.18. The summed E-state index contributed by atoms with van der Waals surface area (Å²) in [5, 5.41) is 3.94. The van der Waals surface area contributed by atoms with Crippen LogP contribution in [0.2, 0.25) is 0 Å². The van der Waals surface area contributed by atoms with E-state index in [0.29, 0.717) is 0 Å². The zero-order valence-electron chi connectivity index (χ0n) is 16.9. The number of amides is 1. The molecule has 0 bridgehead atoms. The van der Waals surface area contributed by atoms with Gasteiger partial charge >= 0.3 is 6.18 Å². The summed E-state index contributed by atoms with van der Waals surface area (Å²) in [7, 11) is 0. The SMILES string of the molecule is CCc1ccccc1-n1c(C)cc(/C=N\NC(=O)c2cccc(C(F)(F)F)c2)c1C. The summed E-state index contributed by atoms with van der Waals surface area (Å²) >= 11 is 0. The molecule has 156 valence electrons. The fraction of sp³-hybridized carbons (Fsp3) is 0.217. The molecule has 0 spiro atoms. The Hall–Kier alpha value is -3.35. The quantitative estimate of drug-likeness (QED) is 0.439. The maximum atomic E-state index is 12.8. The standard InChI is InChI=1S/C23H22F3N3O/c1-4-17-8-5-6-11-21(17)29-15(2)12-19(16(29)3)14-27-28-22(30)18-9-7-10-20(13-18)23(24,25)26/h5-14H,4H2,1-3H3,(H,28,30)/b27-14-. The van der Waals surface area contributed by atoms with Gasteiger partial charge in [-0.25, -0.2) is 5.43 Å². The summed E-state index contributed by atoms with van der Waals surface area (Å²) in [4.78, 5) is 12.2. The second-order valence-electron chi connectivity index (χ2n) is 6.92. The van der Waals surface area contributed by atoms with Gasteiger partial charge in [0.1, 0.15) is 0 Å². The summed E-state index contributed by atoms with van der Waals surface area (Å²) < 4.78 is 40.6. The average molecular weight is 413 g/mol. The fourth-order valence-electron chi connectivity index (χ4n) is 3.38. The third-order valence-corrected chi connectivity index (χ3v) is 4.91. The van der Waals surface area contributed by atoms with Crippen LogP contribution in [0.15, 0.2) is 59.7 Å². The average Bonchev–Trinajstić information content (AvgIpc) is 3.00. The number of carbonyl (C=O) groups is 1. The van der Waals surface area contributed by atoms with Gasteiger partial charge in [-0.3, -0.25) is 4.79 Å². The molecule has 0 atom stereocenters. The molecule has 0 saturated carbocycles. The van der Waals surface area contributed by atoms with Gasteiger partial charge in [0.15, 0.2) is 0 Å². The lowest BCUT2D eigenvalue weighted by molar-refractivity contribution is -0.137. The van der Waals surface area contributed by atoms with Crippen LogP contribution in [0.3, 0.4) is 0 Å². The first-order valence-electron chi connectivity index (χ1n) is 9.50. The lowest BCUT2D eigenvalue weighted by Gasteiger charge is -2.13. The van der Waals surface area contributed by atoms with Gasteiger partial charge in [-0.1, -0.05) is 31.2 Å². The molecule has 0 unspecified atom stereocenters. The summed E-state index contributed by atoms with van der Waals surface area (Å²) in [6.45, 7) is 6.03. The summed E-state index contributed by atoms with van der Waals surface area (Å²) in [6.07, 6.45) is -2.12. The predicted molar refractivity (Wildman–Crippen MR) is 111 cm³/mol. The first-order valence-corrected chi connectivity index (χ1v) is 9.50. The van der Waals surface area contributed by atoms with E-state index < -0.39 is 17.6 Å². The molecule has 3 aromatic rings. The molecule has 1 aromatic heterocycles. The zero-order valence-corrected chi connectivity index (χ0v) is 16.9. The van der Waals surface area contributed by atoms with Crippen molar-refractivity contribution in [2.45, 2.75) is 33.4 Å². The molecule has 2 aromatic carbocycles. The molecule has 0 aliphatic rings. The van der Waals surface area contributed by atoms with E-state index in [1.54, 1.807) is 0 Å². The maximum absolute atomic E-state index is 12.8. The van der Waals surface area contributed by atoms with E-state index in [1.165, 1.54) is 23.9 Å². The van der Waals surface area contributed by atoms with Gasteiger partial charge in [-0.15, -0.1) is 0 Å². The van der Waals surface area contributed by atoms with Gasteiger partial charge in [0.2, 0.25) is 0 Å². The van der Waals surface area contributed by atoms with Crippen molar-refractivity contribution >= 4 is 12.1 Å². The molecule has 0 aliphatic carbocycles. The van der Waals surface area contributed by atoms with Crippen LogP contribution in [0.25, 0.3) is 5.69 Å². The number of benzene rings is 2. The number of carbonyl (C=O) groups excluding carboxylic acids is 1. The van der Waals surface area contributed by atoms with Crippen LogP contribution in [0, 0.1) is 13.8 Å². The van der Waals surface area contributed by atoms with E-state index in [9.17, 15) is 18.0 Å². The van der Waals surface area contributed by atoms with Gasteiger partial charge in [-0.2, -0.15) is 18.3 Å². The number of rotatable bonds is 5. The van der Waals surface area contributed by atoms with E-state index >= 15 is 0 Å². The highest BCUT2D eigenvalue weighted by molar-refractivity contribution is 5.95. The highest BCUT2D eigenvalue weighted by atomic mass is 19.4. The minimum absolute atomic E-state index is 0.107. The van der Waals surface area contributed by atoms with Crippen molar-refractivity contribution in [2.24, 2.45) is 5.10 Å². The smallest absolute Gasteiger partial charge is 0.318 e. The Morgan fingerprint density at radius 2 is 1.83 bits per heavy atom. The summed E-state index contributed by atoms with van der Waals surface area (Å²) in [5.41, 5.74) is 6.38. The van der Waals surface area contributed by atoms with Crippen molar-refractivity contribution in [1.82, 2.24) is 9.99 Å². The third kappa shape index (κ3) is 4.45. The third-order valence-electron chi connectivity index (χ3n) is 4.91. The monoisotopic (exact) mass is 413 g/mol. The Bertz CT molecular complexity index is 1100. The molecule has 1 amide bonds. The Morgan fingerprint density at radius 3 is 2.53 bits per heavy atom. The molecule has 0 radical (unpaired) electrons. The van der Waals surface area contributed by atoms with Crippen molar-refractivity contribution in [3.8, 4) is 5.69 Å². The molecule has 0 fully saturated rings. The number of halogens is 3. The lowest BCUT2D eigenvalue weighted by atomic mass is 10.1. The van der Waals surface area contributed by atoms with Crippen LogP contribution in [0.4, 0.5) is 13.2 Å². The van der Waals surface area contributed by atoms with Crippen LogP contribution >= 0.6 is 0 Å². The van der Waals surface area contributed by atoms with Crippen molar-refractivity contribution in [3.05, 3.63) is 88.2 Å². The minimum Gasteiger partial charge on any atom is -0.318 e. The molecule has 1 N–H and O–H groups in total. The van der Waals surface area contributed by atoms with Gasteiger partial charge in [0.25, 0.3) is 5.91 Å². The van der Waals surface area contributed by atoms with Crippen molar-refractivity contribution < 1.29 is 18.0 Å². The predicted octanol–water partition coefficient (Wildman–Crippen LogP) is 5.44. The van der Waals surface area contributed by atoms with E-state index in [4.69, 9.17) is 0 Å². The summed E-state index contributed by atoms with van der Waals surface area (Å²) in [5.74, 6) is -0.706. The maximum Gasteiger partial charge on any atom is 0.416 e. The number of hydrogen-bond donors (Lipinski definition) is 1. The molecule has 7 heteroatoms. The van der Waals surface area contributed by atoms with Gasteiger partial charge in [-0.05, 0) is 56.2 Å². The van der Waals surface area contributed by atoms with Crippen molar-refractivity contribution in [1.29, 1.82) is 0 Å². The van der Waals surface area contributed by atoms with Crippen LogP contribution in [-0.4, -0.2) is 16.7 Å². The number of aryl methyl sites for hydroxylation is 2. The van der Waals surface area contributed by atoms with E-state index in [1.807, 2.05) is 32.0 Å². The van der Waals surface area contributed by atoms with Gasteiger partial charge in [0.05, 0.1) is 11.8 Å². The number of nitrogens with zero attached hydrogens (tertiary/aromatic N) is 2. The Labute approximate surface area is 173 Å². The number of hydrazone groups is 1. The second-order valence-corrected chi connectivity index (χ2v) is 6.92. The van der Waals surface area contributed by atoms with Crippen molar-refractivity contribution in [2.75, 3.05) is 0 Å². The number of aromatic nitrogens is 1. The van der Waals surface area contributed by atoms with Crippen LogP contribution in [-0.2, 0) is 12.6 Å². The van der Waals surface area contributed by atoms with Crippen LogP contribution < -0.4 is 5.43 Å². The number of nitrogens with one attached hydrogen (secondary N) is 1. The minimum atomic E-state index is -4.51. The van der Waals surface area contributed by atoms with E-state index in [0.717, 1.165) is 41.2 Å². The second kappa shape index (κ2) is 8.57. The molecule has 0 saturated heterocycles. The first-order chi connectivity index (χ1) is 14.2. The first kappa shape index (κ1) is 21.4. The Morgan fingerprint density at radius 1 is 1.10 bits per heavy atom. The van der Waals surface area contributed by atoms with Crippen molar-refractivity contribution in [3.63, 3.8) is 0 Å². The number of alkyl halides is 3. The highest BCUT2D eigenvalue weighted by Crippen LogP contribution is 2.29. The Balaban J connectivity index is 1.80. The zero-order chi connectivity index (χ0) is 21.9. The number of hydrogen-bond acceptors (Lipinski definition) is 2. The highest BCUT2D eigenvalue weighted by Gasteiger charge is 2.30. The van der Waals surface area contributed by atoms with Gasteiger partial charge in [0, 0.05) is 28.2 Å². The molecule has 30 heavy (non-hydrogen) atoms. The topological polar surface area (TPSA) is 46.4 Å². The van der Waals surface area contributed by atoms with Crippen LogP contribution in [0.5, 0.6) is 0 Å². The Kier molecular flexibility index (Phi) is 6.10. The van der Waals surface area contributed by atoms with E-state index in [-0.39, 0.29) is 5.56 Å². The van der Waals surface area contributed by atoms with Gasteiger partial charge < -0.3 is 4.57 Å².